The Morgan fingerprint density at radius 1 is 1.53 bits per heavy atom. The zero-order chi connectivity index (χ0) is 13.8. The van der Waals surface area contributed by atoms with Crippen LogP contribution in [0.4, 0.5) is 5.95 Å². The molecule has 0 bridgehead atoms. The van der Waals surface area contributed by atoms with Gasteiger partial charge < -0.3 is 5.32 Å². The number of halogens is 1. The van der Waals surface area contributed by atoms with Crippen molar-refractivity contribution in [2.45, 2.75) is 6.92 Å². The van der Waals surface area contributed by atoms with Gasteiger partial charge in [-0.3, -0.25) is 0 Å². The van der Waals surface area contributed by atoms with E-state index in [1.54, 1.807) is 6.08 Å². The van der Waals surface area contributed by atoms with Gasteiger partial charge in [0.15, 0.2) is 0 Å². The van der Waals surface area contributed by atoms with Crippen LogP contribution in [-0.2, 0) is 0 Å². The second kappa shape index (κ2) is 5.79. The molecule has 0 amide bonds. The number of hydrogen-bond acceptors (Lipinski definition) is 4. The standard InChI is InChI=1S/C13H13BrN4O/c1-3-7-15-12-16-8-18(13(19)17-12)11-9(2)5-4-6-10(11)14/h3-6,8H,1,7H2,2H3,(H,15,17,19). The van der Waals surface area contributed by atoms with Crippen molar-refractivity contribution in [3.63, 3.8) is 0 Å². The third kappa shape index (κ3) is 2.90. The molecule has 0 aliphatic rings. The summed E-state index contributed by atoms with van der Waals surface area (Å²) < 4.78 is 2.24. The van der Waals surface area contributed by atoms with Gasteiger partial charge in [-0.15, -0.1) is 6.58 Å². The summed E-state index contributed by atoms with van der Waals surface area (Å²) in [6.45, 7) is 6.02. The fraction of sp³-hybridized carbons (Fsp3) is 0.154. The molecule has 5 nitrogen and oxygen atoms in total. The molecular weight excluding hydrogens is 308 g/mol. The molecule has 6 heteroatoms. The predicted octanol–water partition coefficient (Wildman–Crippen LogP) is 2.30. The van der Waals surface area contributed by atoms with Crippen LogP contribution >= 0.6 is 15.9 Å². The normalized spacial score (nSPS) is 10.2. The first-order valence-electron chi connectivity index (χ1n) is 5.69. The molecule has 0 saturated heterocycles. The Hall–Kier alpha value is -1.95. The van der Waals surface area contributed by atoms with Gasteiger partial charge in [0.2, 0.25) is 5.95 Å². The van der Waals surface area contributed by atoms with Crippen molar-refractivity contribution in [3.05, 3.63) is 57.7 Å². The molecule has 0 spiro atoms. The number of nitrogens with one attached hydrogen (secondary N) is 1. The SMILES string of the molecule is C=CCNc1ncn(-c2c(C)cccc2Br)c(=O)n1. The van der Waals surface area contributed by atoms with Crippen molar-refractivity contribution in [1.82, 2.24) is 14.5 Å². The zero-order valence-electron chi connectivity index (χ0n) is 10.4. The molecule has 1 aromatic carbocycles. The molecule has 1 N–H and O–H groups in total. The lowest BCUT2D eigenvalue weighted by Gasteiger charge is -2.10. The molecule has 1 aromatic heterocycles. The smallest absolute Gasteiger partial charge is 0.351 e. The van der Waals surface area contributed by atoms with E-state index in [-0.39, 0.29) is 5.69 Å². The van der Waals surface area contributed by atoms with Gasteiger partial charge >= 0.3 is 5.69 Å². The molecule has 0 aliphatic heterocycles. The Balaban J connectivity index is 2.47. The van der Waals surface area contributed by atoms with Crippen LogP contribution < -0.4 is 11.0 Å². The van der Waals surface area contributed by atoms with Crippen LogP contribution in [0.15, 0.2) is 46.4 Å². The van der Waals surface area contributed by atoms with E-state index in [2.05, 4.69) is 37.8 Å². The number of aromatic nitrogens is 3. The minimum absolute atomic E-state index is 0.297. The minimum atomic E-state index is -0.378. The summed E-state index contributed by atoms with van der Waals surface area (Å²) in [6, 6.07) is 5.71. The van der Waals surface area contributed by atoms with Crippen molar-refractivity contribution >= 4 is 21.9 Å². The van der Waals surface area contributed by atoms with Gasteiger partial charge in [-0.1, -0.05) is 18.2 Å². The lowest BCUT2D eigenvalue weighted by atomic mass is 10.2. The van der Waals surface area contributed by atoms with Crippen LogP contribution in [-0.4, -0.2) is 21.1 Å². The van der Waals surface area contributed by atoms with E-state index < -0.39 is 0 Å². The molecular formula is C13H13BrN4O. The highest BCUT2D eigenvalue weighted by molar-refractivity contribution is 9.10. The monoisotopic (exact) mass is 320 g/mol. The Morgan fingerprint density at radius 3 is 2.95 bits per heavy atom. The van der Waals surface area contributed by atoms with Crippen molar-refractivity contribution in [2.24, 2.45) is 0 Å². The van der Waals surface area contributed by atoms with Crippen LogP contribution in [0, 0.1) is 6.92 Å². The number of para-hydroxylation sites is 1. The Morgan fingerprint density at radius 2 is 2.32 bits per heavy atom. The van der Waals surface area contributed by atoms with E-state index in [0.717, 1.165) is 15.7 Å². The number of rotatable bonds is 4. The molecule has 0 fully saturated rings. The van der Waals surface area contributed by atoms with Gasteiger partial charge in [-0.2, -0.15) is 4.98 Å². The van der Waals surface area contributed by atoms with E-state index >= 15 is 0 Å². The first-order valence-corrected chi connectivity index (χ1v) is 6.48. The van der Waals surface area contributed by atoms with E-state index in [4.69, 9.17) is 0 Å². The number of nitrogens with zero attached hydrogens (tertiary/aromatic N) is 3. The summed E-state index contributed by atoms with van der Waals surface area (Å²) in [7, 11) is 0. The number of anilines is 1. The molecule has 2 rings (SSSR count). The maximum atomic E-state index is 12.0. The summed E-state index contributed by atoms with van der Waals surface area (Å²) in [5, 5.41) is 2.88. The molecule has 0 radical (unpaired) electrons. The molecule has 0 unspecified atom stereocenters. The summed E-state index contributed by atoms with van der Waals surface area (Å²) in [5.74, 6) is 0.297. The molecule has 98 valence electrons. The van der Waals surface area contributed by atoms with Gasteiger partial charge in [0, 0.05) is 11.0 Å². The summed E-state index contributed by atoms with van der Waals surface area (Å²) in [5.41, 5.74) is 1.34. The minimum Gasteiger partial charge on any atom is -0.351 e. The van der Waals surface area contributed by atoms with E-state index in [1.807, 2.05) is 25.1 Å². The van der Waals surface area contributed by atoms with Crippen molar-refractivity contribution in [1.29, 1.82) is 0 Å². The van der Waals surface area contributed by atoms with Crippen LogP contribution in [0.2, 0.25) is 0 Å². The third-order valence-electron chi connectivity index (χ3n) is 2.54. The largest absolute Gasteiger partial charge is 0.356 e. The van der Waals surface area contributed by atoms with Crippen molar-refractivity contribution in [2.75, 3.05) is 11.9 Å². The van der Waals surface area contributed by atoms with Gasteiger partial charge in [-0.05, 0) is 34.5 Å². The Kier molecular flexibility index (Phi) is 4.11. The third-order valence-corrected chi connectivity index (χ3v) is 3.18. The molecule has 0 saturated carbocycles. The Bertz CT molecular complexity index is 646. The summed E-state index contributed by atoms with van der Waals surface area (Å²) >= 11 is 3.43. The van der Waals surface area contributed by atoms with Crippen LogP contribution in [0.5, 0.6) is 0 Å². The first-order chi connectivity index (χ1) is 9.13. The van der Waals surface area contributed by atoms with Gasteiger partial charge in [0.25, 0.3) is 0 Å². The number of benzene rings is 1. The predicted molar refractivity (Wildman–Crippen MR) is 78.8 cm³/mol. The van der Waals surface area contributed by atoms with E-state index in [1.165, 1.54) is 10.9 Å². The second-order valence-electron chi connectivity index (χ2n) is 3.91. The van der Waals surface area contributed by atoms with E-state index in [0.29, 0.717) is 12.5 Å². The lowest BCUT2D eigenvalue weighted by Crippen LogP contribution is -2.24. The highest BCUT2D eigenvalue weighted by Gasteiger charge is 2.09. The van der Waals surface area contributed by atoms with Gasteiger partial charge in [0.1, 0.15) is 6.33 Å². The lowest BCUT2D eigenvalue weighted by molar-refractivity contribution is 0.851. The number of aryl methyl sites for hydroxylation is 1. The number of hydrogen-bond donors (Lipinski definition) is 1. The van der Waals surface area contributed by atoms with Crippen LogP contribution in [0.1, 0.15) is 5.56 Å². The van der Waals surface area contributed by atoms with E-state index in [9.17, 15) is 4.79 Å². The van der Waals surface area contributed by atoms with Gasteiger partial charge in [-0.25, -0.2) is 14.3 Å². The maximum absolute atomic E-state index is 12.0. The molecule has 1 heterocycles. The summed E-state index contributed by atoms with van der Waals surface area (Å²) in [4.78, 5) is 20.0. The molecule has 0 aliphatic carbocycles. The second-order valence-corrected chi connectivity index (χ2v) is 4.76. The van der Waals surface area contributed by atoms with Gasteiger partial charge in [0.05, 0.1) is 5.69 Å². The molecule has 2 aromatic rings. The topological polar surface area (TPSA) is 59.8 Å². The van der Waals surface area contributed by atoms with Crippen molar-refractivity contribution < 1.29 is 0 Å². The summed E-state index contributed by atoms with van der Waals surface area (Å²) in [6.07, 6.45) is 3.14. The molecule has 19 heavy (non-hydrogen) atoms. The first kappa shape index (κ1) is 13.5. The highest BCUT2D eigenvalue weighted by Crippen LogP contribution is 2.22. The quantitative estimate of drug-likeness (QED) is 0.878. The maximum Gasteiger partial charge on any atom is 0.356 e. The average Bonchev–Trinajstić information content (AvgIpc) is 2.38. The van der Waals surface area contributed by atoms with Crippen LogP contribution in [0.3, 0.4) is 0 Å². The fourth-order valence-corrected chi connectivity index (χ4v) is 2.32. The highest BCUT2D eigenvalue weighted by atomic mass is 79.9. The van der Waals surface area contributed by atoms with Crippen molar-refractivity contribution in [3.8, 4) is 5.69 Å². The zero-order valence-corrected chi connectivity index (χ0v) is 12.0. The Labute approximate surface area is 119 Å². The fourth-order valence-electron chi connectivity index (χ4n) is 1.67. The molecule has 0 atom stereocenters. The van der Waals surface area contributed by atoms with Crippen LogP contribution in [0.25, 0.3) is 5.69 Å². The average molecular weight is 321 g/mol.